The maximum absolute atomic E-state index is 12.4. The largest absolute Gasteiger partial charge is 0.495 e. The van der Waals surface area contributed by atoms with Gasteiger partial charge in [-0.3, -0.25) is 9.59 Å². The fraction of sp³-hybridized carbons (Fsp3) is 0.267. The first-order valence-corrected chi connectivity index (χ1v) is 14.0. The van der Waals surface area contributed by atoms with Crippen LogP contribution >= 0.6 is 23.2 Å². The van der Waals surface area contributed by atoms with Gasteiger partial charge in [0.15, 0.2) is 0 Å². The summed E-state index contributed by atoms with van der Waals surface area (Å²) in [5, 5.41) is 6.23. The summed E-state index contributed by atoms with van der Waals surface area (Å²) in [5.74, 6) is 5.15. The Balaban J connectivity index is 1.66. The van der Waals surface area contributed by atoms with Crippen molar-refractivity contribution in [1.82, 2.24) is 14.9 Å². The van der Waals surface area contributed by atoms with Crippen LogP contribution in [0.15, 0.2) is 43.1 Å². The number of aromatic nitrogens is 2. The van der Waals surface area contributed by atoms with Gasteiger partial charge in [-0.1, -0.05) is 48.5 Å². The highest BCUT2D eigenvalue weighted by molar-refractivity contribution is 6.38. The average molecular weight is 625 g/mol. The predicted octanol–water partition coefficient (Wildman–Crippen LogP) is 4.31. The van der Waals surface area contributed by atoms with Crippen LogP contribution < -0.4 is 30.7 Å². The molecule has 0 radical (unpaired) electrons. The number of hydrogen-bond donors (Lipinski definition) is 3. The second-order valence-corrected chi connectivity index (χ2v) is 10.1. The van der Waals surface area contributed by atoms with Crippen LogP contribution in [0.5, 0.6) is 11.5 Å². The molecule has 0 atom stereocenters. The summed E-state index contributed by atoms with van der Waals surface area (Å²) >= 11 is 12.8. The lowest BCUT2D eigenvalue weighted by Crippen LogP contribution is -2.46. The Morgan fingerprint density at radius 1 is 1.07 bits per heavy atom. The molecule has 3 aromatic rings. The molecule has 0 bridgehead atoms. The van der Waals surface area contributed by atoms with Crippen LogP contribution in [0.2, 0.25) is 10.0 Å². The number of carbonyl (C=O) groups is 2. The quantitative estimate of drug-likeness (QED) is 0.235. The lowest BCUT2D eigenvalue weighted by atomic mass is 10.1. The van der Waals surface area contributed by atoms with E-state index in [4.69, 9.17) is 38.4 Å². The topological polar surface area (TPSA) is 135 Å². The Morgan fingerprint density at radius 2 is 1.74 bits per heavy atom. The third kappa shape index (κ3) is 7.29. The zero-order valence-electron chi connectivity index (χ0n) is 24.0. The van der Waals surface area contributed by atoms with Gasteiger partial charge in [-0.15, -0.1) is 0 Å². The van der Waals surface area contributed by atoms with E-state index < -0.39 is 5.91 Å². The summed E-state index contributed by atoms with van der Waals surface area (Å²) in [6.45, 7) is 10.3. The fourth-order valence-corrected chi connectivity index (χ4v) is 5.01. The monoisotopic (exact) mass is 623 g/mol. The molecule has 2 amide bonds. The lowest BCUT2D eigenvalue weighted by molar-refractivity contribution is -0.111. The smallest absolute Gasteiger partial charge is 0.268 e. The first-order valence-electron chi connectivity index (χ1n) is 13.3. The number of carbonyl (C=O) groups excluding carboxylic acids is 2. The molecule has 1 saturated heterocycles. The number of likely N-dealkylation sites (N-methyl/N-ethyl adjacent to an activating group) is 1. The van der Waals surface area contributed by atoms with Gasteiger partial charge in [-0.25, -0.2) is 9.97 Å². The minimum absolute atomic E-state index is 0.0666. The Morgan fingerprint density at radius 3 is 2.33 bits per heavy atom. The van der Waals surface area contributed by atoms with Gasteiger partial charge in [0.05, 0.1) is 46.8 Å². The summed E-state index contributed by atoms with van der Waals surface area (Å²) in [6.07, 6.45) is 2.53. The molecule has 13 heteroatoms. The number of amides is 2. The summed E-state index contributed by atoms with van der Waals surface area (Å²) in [7, 11) is 2.90. The van der Waals surface area contributed by atoms with Crippen molar-refractivity contribution in [3.63, 3.8) is 0 Å². The summed E-state index contributed by atoms with van der Waals surface area (Å²) < 4.78 is 10.6. The number of anilines is 4. The number of methoxy groups -OCH3 is 2. The van der Waals surface area contributed by atoms with Gasteiger partial charge in [-0.2, -0.15) is 0 Å². The zero-order chi connectivity index (χ0) is 31.1. The number of hydrogen-bond acceptors (Lipinski definition) is 9. The number of rotatable bonds is 9. The maximum Gasteiger partial charge on any atom is 0.268 e. The Kier molecular flexibility index (Phi) is 10.3. The highest BCUT2D eigenvalue weighted by Crippen LogP contribution is 2.40. The highest BCUT2D eigenvalue weighted by Gasteiger charge is 2.19. The SMILES string of the molecule is C=CC(=O)Nc1cc(N2CCN(CC)CC2)ccc1Nc1ncc(C#Cc2c(Cl)c(OC)cc(OC)c2Cl)c(C(N)=O)n1. The van der Waals surface area contributed by atoms with Crippen molar-refractivity contribution < 1.29 is 19.1 Å². The van der Waals surface area contributed by atoms with Gasteiger partial charge < -0.3 is 35.6 Å². The first-order chi connectivity index (χ1) is 20.7. The number of primary amides is 1. The van der Waals surface area contributed by atoms with Crippen molar-refractivity contribution in [2.24, 2.45) is 5.73 Å². The van der Waals surface area contributed by atoms with Crippen molar-refractivity contribution >= 4 is 58.0 Å². The molecule has 1 aliphatic rings. The molecule has 1 aliphatic heterocycles. The number of nitrogens with zero attached hydrogens (tertiary/aromatic N) is 4. The van der Waals surface area contributed by atoms with E-state index in [2.05, 4.69) is 55.7 Å². The van der Waals surface area contributed by atoms with E-state index in [1.165, 1.54) is 26.5 Å². The van der Waals surface area contributed by atoms with Gasteiger partial charge >= 0.3 is 0 Å². The fourth-order valence-electron chi connectivity index (χ4n) is 4.41. The van der Waals surface area contributed by atoms with Crippen LogP contribution in [0, 0.1) is 11.8 Å². The maximum atomic E-state index is 12.4. The van der Waals surface area contributed by atoms with E-state index in [1.807, 2.05) is 12.1 Å². The number of nitrogens with one attached hydrogen (secondary N) is 2. The normalized spacial score (nSPS) is 13.0. The van der Waals surface area contributed by atoms with E-state index in [-0.39, 0.29) is 38.7 Å². The second kappa shape index (κ2) is 14.1. The van der Waals surface area contributed by atoms with Gasteiger partial charge in [-0.05, 0) is 30.8 Å². The molecule has 4 N–H and O–H groups in total. The van der Waals surface area contributed by atoms with Crippen LogP contribution in [0.25, 0.3) is 0 Å². The minimum atomic E-state index is -0.822. The molecular formula is C30H31Cl2N7O4. The van der Waals surface area contributed by atoms with Gasteiger partial charge in [0.2, 0.25) is 11.9 Å². The molecule has 0 spiro atoms. The summed E-state index contributed by atoms with van der Waals surface area (Å²) in [4.78, 5) is 37.8. The molecule has 11 nitrogen and oxygen atoms in total. The first kappa shape index (κ1) is 31.4. The van der Waals surface area contributed by atoms with Crippen LogP contribution in [-0.4, -0.2) is 73.6 Å². The molecule has 1 aromatic heterocycles. The number of ether oxygens (including phenoxy) is 2. The van der Waals surface area contributed by atoms with Gasteiger partial charge in [0.25, 0.3) is 5.91 Å². The molecular weight excluding hydrogens is 593 g/mol. The number of piperazine rings is 1. The van der Waals surface area contributed by atoms with Gasteiger partial charge in [0, 0.05) is 44.1 Å². The van der Waals surface area contributed by atoms with Crippen molar-refractivity contribution in [1.29, 1.82) is 0 Å². The molecule has 0 saturated carbocycles. The molecule has 1 fully saturated rings. The Bertz CT molecular complexity index is 1580. The molecule has 224 valence electrons. The summed E-state index contributed by atoms with van der Waals surface area (Å²) in [5.41, 5.74) is 7.84. The Hall–Kier alpha value is -4.50. The third-order valence-electron chi connectivity index (χ3n) is 6.80. The average Bonchev–Trinajstić information content (AvgIpc) is 3.02. The Labute approximate surface area is 260 Å². The third-order valence-corrected chi connectivity index (χ3v) is 7.55. The van der Waals surface area contributed by atoms with Crippen molar-refractivity contribution in [2.75, 3.05) is 62.5 Å². The van der Waals surface area contributed by atoms with Crippen LogP contribution in [0.4, 0.5) is 23.0 Å². The second-order valence-electron chi connectivity index (χ2n) is 9.32. The van der Waals surface area contributed by atoms with E-state index in [0.29, 0.717) is 22.9 Å². The van der Waals surface area contributed by atoms with Crippen LogP contribution in [-0.2, 0) is 4.79 Å². The number of halogens is 2. The number of benzene rings is 2. The lowest BCUT2D eigenvalue weighted by Gasteiger charge is -2.35. The van der Waals surface area contributed by atoms with E-state index in [1.54, 1.807) is 12.1 Å². The van der Waals surface area contributed by atoms with Gasteiger partial charge in [0.1, 0.15) is 17.2 Å². The standard InChI is InChI=1S/C30H31Cl2N7O4/c1-5-25(40)35-22-15-19(39-13-11-38(6-2)12-14-39)8-10-21(22)36-30-34-17-18(28(37-30)29(33)41)7-9-20-26(31)23(42-3)16-24(43-4)27(20)32/h5,8,10,15-17H,1,6,11-14H2,2-4H3,(H2,33,41)(H,35,40)(H,34,36,37). The van der Waals surface area contributed by atoms with Crippen molar-refractivity contribution in [3.8, 4) is 23.3 Å². The molecule has 2 heterocycles. The predicted molar refractivity (Wildman–Crippen MR) is 169 cm³/mol. The molecule has 2 aromatic carbocycles. The van der Waals surface area contributed by atoms with Crippen LogP contribution in [0.1, 0.15) is 28.5 Å². The minimum Gasteiger partial charge on any atom is -0.495 e. The summed E-state index contributed by atoms with van der Waals surface area (Å²) in [6, 6.07) is 7.16. The molecule has 0 aliphatic carbocycles. The molecule has 0 unspecified atom stereocenters. The van der Waals surface area contributed by atoms with E-state index in [0.717, 1.165) is 38.4 Å². The molecule has 43 heavy (non-hydrogen) atoms. The van der Waals surface area contributed by atoms with Crippen LogP contribution in [0.3, 0.4) is 0 Å². The highest BCUT2D eigenvalue weighted by atomic mass is 35.5. The molecule has 4 rings (SSSR count). The van der Waals surface area contributed by atoms with Crippen molar-refractivity contribution in [2.45, 2.75) is 6.92 Å². The zero-order valence-corrected chi connectivity index (χ0v) is 25.5. The van der Waals surface area contributed by atoms with Crippen molar-refractivity contribution in [3.05, 3.63) is 70.0 Å². The number of nitrogens with two attached hydrogens (primary N) is 1. The van der Waals surface area contributed by atoms with E-state index >= 15 is 0 Å². The van der Waals surface area contributed by atoms with E-state index in [9.17, 15) is 9.59 Å².